The van der Waals surface area contributed by atoms with E-state index in [-0.39, 0.29) is 0 Å². The van der Waals surface area contributed by atoms with Crippen molar-refractivity contribution in [3.63, 3.8) is 0 Å². The van der Waals surface area contributed by atoms with E-state index in [9.17, 15) is 9.59 Å². The summed E-state index contributed by atoms with van der Waals surface area (Å²) in [5.41, 5.74) is 1.34. The fourth-order valence-electron chi connectivity index (χ4n) is 1.89. The van der Waals surface area contributed by atoms with Crippen molar-refractivity contribution in [3.05, 3.63) is 28.0 Å². The number of aliphatic hydroxyl groups excluding tert-OH is 2. The number of hydrogen-bond acceptors (Lipinski definition) is 7. The molecule has 0 spiro atoms. The van der Waals surface area contributed by atoms with Crippen LogP contribution in [0.25, 0.3) is 6.08 Å². The van der Waals surface area contributed by atoms with Crippen molar-refractivity contribution < 1.29 is 30.0 Å². The number of carbonyl (C=O) groups is 2. The van der Waals surface area contributed by atoms with Crippen LogP contribution in [0.1, 0.15) is 16.9 Å². The van der Waals surface area contributed by atoms with Crippen LogP contribution in [-0.4, -0.2) is 75.4 Å². The number of thiophene rings is 1. The van der Waals surface area contributed by atoms with Gasteiger partial charge in [0.1, 0.15) is 5.84 Å². The monoisotopic (exact) mass is 370 g/mol. The lowest BCUT2D eigenvalue weighted by Crippen LogP contribution is -2.39. The lowest BCUT2D eigenvalue weighted by Gasteiger charge is -2.22. The van der Waals surface area contributed by atoms with E-state index in [1.54, 1.807) is 11.3 Å². The molecule has 2 atom stereocenters. The van der Waals surface area contributed by atoms with Crippen LogP contribution in [0.4, 0.5) is 0 Å². The molecule has 0 saturated carbocycles. The molecule has 0 saturated heterocycles. The third-order valence-electron chi connectivity index (χ3n) is 3.41. The smallest absolute Gasteiger partial charge is 0.335 e. The van der Waals surface area contributed by atoms with Crippen LogP contribution in [0.15, 0.2) is 22.5 Å². The number of carboxylic acid groups (broad SMARTS) is 2. The average molecular weight is 370 g/mol. The minimum Gasteiger partial charge on any atom is -0.479 e. The van der Waals surface area contributed by atoms with Gasteiger partial charge in [0, 0.05) is 25.0 Å². The fraction of sp³-hybridized carbons (Fsp3) is 0.438. The summed E-state index contributed by atoms with van der Waals surface area (Å²) >= 11 is 1.78. The molecule has 9 heteroatoms. The van der Waals surface area contributed by atoms with Gasteiger partial charge >= 0.3 is 11.9 Å². The Bertz CT molecular complexity index is 637. The second kappa shape index (κ2) is 9.92. The summed E-state index contributed by atoms with van der Waals surface area (Å²) in [5.74, 6) is -2.43. The van der Waals surface area contributed by atoms with Gasteiger partial charge in [-0.15, -0.1) is 11.3 Å². The highest BCUT2D eigenvalue weighted by atomic mass is 32.1. The van der Waals surface area contributed by atoms with Gasteiger partial charge in [0.2, 0.25) is 0 Å². The van der Waals surface area contributed by atoms with Crippen molar-refractivity contribution in [2.75, 3.05) is 20.1 Å². The molecule has 2 rings (SSSR count). The Kier molecular flexibility index (Phi) is 8.26. The van der Waals surface area contributed by atoms with Crippen molar-refractivity contribution in [3.8, 4) is 0 Å². The molecule has 2 unspecified atom stereocenters. The lowest BCUT2D eigenvalue weighted by molar-refractivity contribution is -0.165. The number of aliphatic hydroxyl groups is 2. The van der Waals surface area contributed by atoms with E-state index >= 15 is 0 Å². The highest BCUT2D eigenvalue weighted by molar-refractivity contribution is 7.11. The number of hydrogen-bond donors (Lipinski definition) is 4. The van der Waals surface area contributed by atoms with Gasteiger partial charge in [0.05, 0.1) is 0 Å². The standard InChI is InChI=1S/C12H16N2S.C4H6O6/c1-10-6-9-15-11(10)4-5-12-13-7-3-8-14(12)2;5-1(3(7)8)2(6)4(9)10/h4-6,9H,3,7-8H2,1-2H3;1-2,5-6H,(H,7,8)(H,9,10). The van der Waals surface area contributed by atoms with Gasteiger partial charge in [-0.1, -0.05) is 0 Å². The van der Waals surface area contributed by atoms with Crippen molar-refractivity contribution in [2.45, 2.75) is 25.6 Å². The Balaban J connectivity index is 0.000000275. The van der Waals surface area contributed by atoms with Crippen molar-refractivity contribution >= 4 is 35.2 Å². The van der Waals surface area contributed by atoms with Crippen molar-refractivity contribution in [1.29, 1.82) is 0 Å². The Labute approximate surface area is 149 Å². The van der Waals surface area contributed by atoms with Crippen LogP contribution in [0, 0.1) is 6.92 Å². The summed E-state index contributed by atoms with van der Waals surface area (Å²) in [5, 5.41) is 34.7. The molecular weight excluding hydrogens is 348 g/mol. The number of aryl methyl sites for hydroxylation is 1. The van der Waals surface area contributed by atoms with Gasteiger partial charge in [-0.3, -0.25) is 4.99 Å². The van der Waals surface area contributed by atoms with Gasteiger partial charge in [0.15, 0.2) is 12.2 Å². The molecule has 0 amide bonds. The summed E-state index contributed by atoms with van der Waals surface area (Å²) in [7, 11) is 2.10. The lowest BCUT2D eigenvalue weighted by atomic mass is 10.2. The fourth-order valence-corrected chi connectivity index (χ4v) is 2.71. The molecule has 1 aromatic rings. The number of likely N-dealkylation sites (N-methyl/N-ethyl adjacent to an activating group) is 1. The van der Waals surface area contributed by atoms with E-state index in [1.807, 2.05) is 0 Å². The zero-order valence-electron chi connectivity index (χ0n) is 14.0. The van der Waals surface area contributed by atoms with Gasteiger partial charge in [-0.2, -0.15) is 0 Å². The van der Waals surface area contributed by atoms with E-state index < -0.39 is 24.1 Å². The zero-order valence-corrected chi connectivity index (χ0v) is 14.8. The molecule has 1 aliphatic rings. The first-order chi connectivity index (χ1) is 11.7. The number of carboxylic acids is 2. The van der Waals surface area contributed by atoms with E-state index in [2.05, 4.69) is 47.5 Å². The summed E-state index contributed by atoms with van der Waals surface area (Å²) in [6.45, 7) is 4.22. The number of aliphatic carboxylic acids is 2. The predicted octanol–water partition coefficient (Wildman–Crippen LogP) is 0.681. The Morgan fingerprint density at radius 2 is 1.84 bits per heavy atom. The molecule has 8 nitrogen and oxygen atoms in total. The molecule has 0 aliphatic carbocycles. The zero-order chi connectivity index (χ0) is 19.0. The molecule has 0 fully saturated rings. The van der Waals surface area contributed by atoms with Crippen molar-refractivity contribution in [1.82, 2.24) is 4.90 Å². The first kappa shape index (κ1) is 20.8. The molecule has 1 aliphatic heterocycles. The first-order valence-corrected chi connectivity index (χ1v) is 8.41. The Hall–Kier alpha value is -2.23. The highest BCUT2D eigenvalue weighted by Gasteiger charge is 2.29. The Morgan fingerprint density at radius 1 is 1.24 bits per heavy atom. The molecule has 25 heavy (non-hydrogen) atoms. The minimum atomic E-state index is -2.27. The minimum absolute atomic E-state index is 0.966. The highest BCUT2D eigenvalue weighted by Crippen LogP contribution is 2.17. The summed E-state index contributed by atoms with van der Waals surface area (Å²) < 4.78 is 0. The van der Waals surface area contributed by atoms with Crippen LogP contribution >= 0.6 is 11.3 Å². The molecule has 0 radical (unpaired) electrons. The molecule has 0 bridgehead atoms. The number of amidine groups is 1. The van der Waals surface area contributed by atoms with E-state index in [0.29, 0.717) is 0 Å². The summed E-state index contributed by atoms with van der Waals surface area (Å²) in [6, 6.07) is 2.15. The van der Waals surface area contributed by atoms with Crippen LogP contribution < -0.4 is 0 Å². The van der Waals surface area contributed by atoms with E-state index in [0.717, 1.165) is 18.9 Å². The van der Waals surface area contributed by atoms with Gasteiger partial charge in [-0.25, -0.2) is 9.59 Å². The SMILES string of the molecule is Cc1ccsc1C=CC1=NCCCN1C.O=C(O)C(O)C(O)C(=O)O. The maximum atomic E-state index is 9.77. The third-order valence-corrected chi connectivity index (χ3v) is 4.39. The topological polar surface area (TPSA) is 131 Å². The van der Waals surface area contributed by atoms with Gasteiger partial charge in [-0.05, 0) is 42.5 Å². The number of rotatable bonds is 5. The molecule has 4 N–H and O–H groups in total. The molecule has 1 aromatic heterocycles. The second-order valence-corrected chi connectivity index (χ2v) is 6.33. The van der Waals surface area contributed by atoms with Gasteiger partial charge in [0.25, 0.3) is 0 Å². The van der Waals surface area contributed by atoms with E-state index in [1.165, 1.54) is 16.9 Å². The number of aliphatic imine (C=N–C) groups is 1. The number of nitrogens with zero attached hydrogens (tertiary/aromatic N) is 2. The van der Waals surface area contributed by atoms with Crippen LogP contribution in [-0.2, 0) is 9.59 Å². The first-order valence-electron chi connectivity index (χ1n) is 7.53. The second-order valence-electron chi connectivity index (χ2n) is 5.38. The van der Waals surface area contributed by atoms with Crippen molar-refractivity contribution in [2.24, 2.45) is 4.99 Å². The third kappa shape index (κ3) is 6.65. The van der Waals surface area contributed by atoms with Gasteiger partial charge < -0.3 is 25.3 Å². The maximum absolute atomic E-state index is 9.77. The molecule has 0 aromatic carbocycles. The normalized spacial score (nSPS) is 16.6. The molecule has 138 valence electrons. The van der Waals surface area contributed by atoms with Crippen LogP contribution in [0.5, 0.6) is 0 Å². The average Bonchev–Trinajstić information content (AvgIpc) is 2.98. The predicted molar refractivity (Wildman–Crippen MR) is 94.9 cm³/mol. The Morgan fingerprint density at radius 3 is 2.28 bits per heavy atom. The molecular formula is C16H22N2O6S. The van der Waals surface area contributed by atoms with Crippen LogP contribution in [0.2, 0.25) is 0 Å². The van der Waals surface area contributed by atoms with E-state index in [4.69, 9.17) is 20.4 Å². The molecule has 2 heterocycles. The maximum Gasteiger partial charge on any atom is 0.335 e. The van der Waals surface area contributed by atoms with Crippen LogP contribution in [0.3, 0.4) is 0 Å². The summed E-state index contributed by atoms with van der Waals surface area (Å²) in [6.07, 6.45) is 0.930. The largest absolute Gasteiger partial charge is 0.479 e. The quantitative estimate of drug-likeness (QED) is 0.599. The summed E-state index contributed by atoms with van der Waals surface area (Å²) in [4.78, 5) is 27.6.